The first-order chi connectivity index (χ1) is 11.8. The fourth-order valence-electron chi connectivity index (χ4n) is 3.96. The predicted octanol–water partition coefficient (Wildman–Crippen LogP) is 3.80. The van der Waals surface area contributed by atoms with Crippen LogP contribution in [0.5, 0.6) is 0 Å². The van der Waals surface area contributed by atoms with E-state index in [1.165, 1.54) is 22.3 Å². The molecule has 2 atom stereocenters. The number of anilines is 1. The second kappa shape index (κ2) is 6.19. The molecule has 4 heteroatoms. The Balaban J connectivity index is 1.74. The number of amides is 1. The highest BCUT2D eigenvalue weighted by atomic mass is 16.5. The summed E-state index contributed by atoms with van der Waals surface area (Å²) in [6.07, 6.45) is 2.49. The molecule has 4 nitrogen and oxygen atoms in total. The molecule has 1 aliphatic heterocycles. The monoisotopic (exact) mass is 322 g/mol. The Kier molecular flexibility index (Phi) is 3.89. The number of hydrogen-bond donors (Lipinski definition) is 2. The van der Waals surface area contributed by atoms with Gasteiger partial charge in [-0.15, -0.1) is 0 Å². The van der Waals surface area contributed by atoms with Gasteiger partial charge in [-0.2, -0.15) is 0 Å². The van der Waals surface area contributed by atoms with Gasteiger partial charge in [-0.3, -0.25) is 0 Å². The molecule has 2 aromatic carbocycles. The van der Waals surface area contributed by atoms with Gasteiger partial charge in [0.15, 0.2) is 0 Å². The van der Waals surface area contributed by atoms with Crippen LogP contribution in [0.4, 0.5) is 10.5 Å². The number of fused-ring (bicyclic) bond motifs is 1. The van der Waals surface area contributed by atoms with Gasteiger partial charge in [0, 0.05) is 5.69 Å². The first kappa shape index (κ1) is 15.1. The highest BCUT2D eigenvalue weighted by Gasteiger charge is 2.34. The SMILES string of the molecule is CCOC(=O)N[C@@H]1CCc2cccc3c2[C@@H]1Nc1ccccc1C3. The molecule has 1 aliphatic carbocycles. The maximum atomic E-state index is 12.0. The number of para-hydroxylation sites is 1. The zero-order valence-electron chi connectivity index (χ0n) is 13.8. The minimum absolute atomic E-state index is 0.0313. The Morgan fingerprint density at radius 2 is 1.96 bits per heavy atom. The van der Waals surface area contributed by atoms with Gasteiger partial charge in [0.25, 0.3) is 0 Å². The average Bonchev–Trinajstić information content (AvgIpc) is 2.75. The van der Waals surface area contributed by atoms with Crippen LogP contribution in [-0.4, -0.2) is 18.7 Å². The third kappa shape index (κ3) is 2.62. The number of rotatable bonds is 2. The molecule has 1 heterocycles. The summed E-state index contributed by atoms with van der Waals surface area (Å²) in [5.74, 6) is 0. The molecule has 0 aromatic heterocycles. The van der Waals surface area contributed by atoms with E-state index in [4.69, 9.17) is 4.74 Å². The zero-order chi connectivity index (χ0) is 16.5. The molecule has 0 saturated heterocycles. The lowest BCUT2D eigenvalue weighted by Crippen LogP contribution is -2.44. The number of carbonyl (C=O) groups is 1. The van der Waals surface area contributed by atoms with E-state index in [1.807, 2.05) is 6.92 Å². The van der Waals surface area contributed by atoms with Crippen LogP contribution in [0.2, 0.25) is 0 Å². The van der Waals surface area contributed by atoms with Crippen LogP contribution in [0, 0.1) is 0 Å². The molecule has 2 aliphatic rings. The number of ether oxygens (including phenoxy) is 1. The number of alkyl carbamates (subject to hydrolysis) is 1. The standard InChI is InChI=1S/C20H22N2O2/c1-2-24-20(23)22-17-11-10-13-7-5-8-15-12-14-6-3-4-9-16(14)21-19(17)18(13)15/h3-9,17,19,21H,2,10-12H2,1H3,(H,22,23)/t17-,19-/m1/s1. The maximum Gasteiger partial charge on any atom is 0.407 e. The van der Waals surface area contributed by atoms with Gasteiger partial charge in [0.05, 0.1) is 18.7 Å². The van der Waals surface area contributed by atoms with E-state index in [9.17, 15) is 4.79 Å². The number of nitrogens with one attached hydrogen (secondary N) is 2. The fraction of sp³-hybridized carbons (Fsp3) is 0.350. The van der Waals surface area contributed by atoms with Gasteiger partial charge >= 0.3 is 6.09 Å². The lowest BCUT2D eigenvalue weighted by atomic mass is 9.81. The molecule has 24 heavy (non-hydrogen) atoms. The van der Waals surface area contributed by atoms with Crippen LogP contribution in [0.1, 0.15) is 41.6 Å². The highest BCUT2D eigenvalue weighted by Crippen LogP contribution is 2.39. The van der Waals surface area contributed by atoms with E-state index in [-0.39, 0.29) is 18.2 Å². The van der Waals surface area contributed by atoms with Crippen molar-refractivity contribution in [3.63, 3.8) is 0 Å². The summed E-state index contributed by atoms with van der Waals surface area (Å²) in [5, 5.41) is 6.74. The first-order valence-corrected chi connectivity index (χ1v) is 8.64. The van der Waals surface area contributed by atoms with Crippen LogP contribution >= 0.6 is 0 Å². The van der Waals surface area contributed by atoms with Crippen molar-refractivity contribution in [3.8, 4) is 0 Å². The summed E-state index contributed by atoms with van der Waals surface area (Å²) in [5.41, 5.74) is 6.55. The predicted molar refractivity (Wildman–Crippen MR) is 94.3 cm³/mol. The van der Waals surface area contributed by atoms with Gasteiger partial charge in [0.2, 0.25) is 0 Å². The van der Waals surface area contributed by atoms with Crippen LogP contribution in [0.15, 0.2) is 42.5 Å². The van der Waals surface area contributed by atoms with Crippen molar-refractivity contribution in [1.29, 1.82) is 0 Å². The Bertz CT molecular complexity index is 772. The number of benzene rings is 2. The average molecular weight is 322 g/mol. The lowest BCUT2D eigenvalue weighted by molar-refractivity contribution is 0.145. The minimum Gasteiger partial charge on any atom is -0.450 e. The molecular formula is C20H22N2O2. The molecule has 0 fully saturated rings. The van der Waals surface area contributed by atoms with Crippen molar-refractivity contribution >= 4 is 11.8 Å². The third-order valence-electron chi connectivity index (χ3n) is 5.01. The Morgan fingerprint density at radius 1 is 1.17 bits per heavy atom. The number of hydrogen-bond acceptors (Lipinski definition) is 3. The quantitative estimate of drug-likeness (QED) is 0.884. The number of carbonyl (C=O) groups excluding carboxylic acids is 1. The van der Waals surface area contributed by atoms with Crippen molar-refractivity contribution < 1.29 is 9.53 Å². The van der Waals surface area contributed by atoms with Crippen LogP contribution in [0.25, 0.3) is 0 Å². The van der Waals surface area contributed by atoms with Crippen molar-refractivity contribution in [3.05, 3.63) is 64.7 Å². The number of aryl methyl sites for hydroxylation is 1. The van der Waals surface area contributed by atoms with Crippen molar-refractivity contribution in [2.24, 2.45) is 0 Å². The minimum atomic E-state index is -0.331. The molecule has 124 valence electrons. The van der Waals surface area contributed by atoms with Gasteiger partial charge < -0.3 is 15.4 Å². The van der Waals surface area contributed by atoms with Gasteiger partial charge in [-0.05, 0) is 54.5 Å². The van der Waals surface area contributed by atoms with E-state index in [0.717, 1.165) is 24.9 Å². The molecule has 0 spiro atoms. The summed E-state index contributed by atoms with van der Waals surface area (Å²) < 4.78 is 5.10. The first-order valence-electron chi connectivity index (χ1n) is 8.64. The van der Waals surface area contributed by atoms with Crippen molar-refractivity contribution in [2.75, 3.05) is 11.9 Å². The van der Waals surface area contributed by atoms with E-state index in [2.05, 4.69) is 53.1 Å². The van der Waals surface area contributed by atoms with Crippen LogP contribution in [-0.2, 0) is 17.6 Å². The second-order valence-corrected chi connectivity index (χ2v) is 6.46. The molecule has 1 amide bonds. The Morgan fingerprint density at radius 3 is 2.83 bits per heavy atom. The molecule has 0 radical (unpaired) electrons. The topological polar surface area (TPSA) is 50.4 Å². The van der Waals surface area contributed by atoms with E-state index < -0.39 is 0 Å². The summed E-state index contributed by atoms with van der Waals surface area (Å²) in [6.45, 7) is 2.22. The molecule has 0 saturated carbocycles. The van der Waals surface area contributed by atoms with Crippen LogP contribution in [0.3, 0.4) is 0 Å². The third-order valence-corrected chi connectivity index (χ3v) is 5.01. The van der Waals surface area contributed by atoms with E-state index in [0.29, 0.717) is 6.61 Å². The lowest BCUT2D eigenvalue weighted by Gasteiger charge is -2.35. The molecule has 0 unspecified atom stereocenters. The van der Waals surface area contributed by atoms with E-state index >= 15 is 0 Å². The fourth-order valence-corrected chi connectivity index (χ4v) is 3.96. The summed E-state index contributed by atoms with van der Waals surface area (Å²) in [7, 11) is 0. The molecular weight excluding hydrogens is 300 g/mol. The maximum absolute atomic E-state index is 12.0. The Labute approximate surface area is 142 Å². The van der Waals surface area contributed by atoms with Gasteiger partial charge in [-0.25, -0.2) is 4.79 Å². The van der Waals surface area contributed by atoms with Crippen molar-refractivity contribution in [2.45, 2.75) is 38.3 Å². The summed E-state index contributed by atoms with van der Waals surface area (Å²) in [6, 6.07) is 15.1. The zero-order valence-corrected chi connectivity index (χ0v) is 13.8. The largest absolute Gasteiger partial charge is 0.450 e. The normalized spacial score (nSPS) is 20.9. The second-order valence-electron chi connectivity index (χ2n) is 6.46. The van der Waals surface area contributed by atoms with Gasteiger partial charge in [-0.1, -0.05) is 36.4 Å². The van der Waals surface area contributed by atoms with Gasteiger partial charge in [0.1, 0.15) is 0 Å². The van der Waals surface area contributed by atoms with Crippen LogP contribution < -0.4 is 10.6 Å². The smallest absolute Gasteiger partial charge is 0.407 e. The molecule has 2 aromatic rings. The summed E-state index contributed by atoms with van der Waals surface area (Å²) in [4.78, 5) is 12.0. The summed E-state index contributed by atoms with van der Waals surface area (Å²) >= 11 is 0. The molecule has 2 N–H and O–H groups in total. The Hall–Kier alpha value is -2.49. The van der Waals surface area contributed by atoms with Crippen molar-refractivity contribution in [1.82, 2.24) is 5.32 Å². The van der Waals surface area contributed by atoms with E-state index in [1.54, 1.807) is 0 Å². The molecule has 0 bridgehead atoms. The molecule has 4 rings (SSSR count). The highest BCUT2D eigenvalue weighted by molar-refractivity contribution is 5.68.